The van der Waals surface area contributed by atoms with Crippen molar-refractivity contribution in [1.29, 1.82) is 0 Å². The van der Waals surface area contributed by atoms with E-state index in [2.05, 4.69) is 16.4 Å². The average molecular weight is 486 g/mol. The number of hydrogen-bond donors (Lipinski definition) is 2. The van der Waals surface area contributed by atoms with Crippen LogP contribution in [0.25, 0.3) is 10.9 Å². The zero-order valence-electron chi connectivity index (χ0n) is 19.9. The van der Waals surface area contributed by atoms with Crippen LogP contribution in [0.1, 0.15) is 32.6 Å². The number of esters is 1. The van der Waals surface area contributed by atoms with Crippen molar-refractivity contribution < 1.29 is 9.53 Å². The summed E-state index contributed by atoms with van der Waals surface area (Å²) in [6.07, 6.45) is 0. The molecule has 0 saturated heterocycles. The van der Waals surface area contributed by atoms with Gasteiger partial charge in [-0.3, -0.25) is 4.79 Å². The first-order valence-electron chi connectivity index (χ1n) is 11.3. The molecule has 4 aromatic rings. The van der Waals surface area contributed by atoms with Gasteiger partial charge in [0.05, 0.1) is 24.9 Å². The highest BCUT2D eigenvalue weighted by molar-refractivity contribution is 7.80. The van der Waals surface area contributed by atoms with Gasteiger partial charge in [0.2, 0.25) is 0 Å². The van der Waals surface area contributed by atoms with E-state index in [1.54, 1.807) is 18.2 Å². The first-order chi connectivity index (χ1) is 16.9. The first-order valence-corrected chi connectivity index (χ1v) is 11.7. The molecule has 0 aliphatic carbocycles. The van der Waals surface area contributed by atoms with E-state index in [-0.39, 0.29) is 5.56 Å². The molecule has 7 heteroatoms. The first kappa shape index (κ1) is 24.2. The Morgan fingerprint density at radius 2 is 1.71 bits per heavy atom. The molecule has 1 heterocycles. The third-order valence-electron chi connectivity index (χ3n) is 5.83. The van der Waals surface area contributed by atoms with Gasteiger partial charge in [0.15, 0.2) is 5.11 Å². The van der Waals surface area contributed by atoms with Crippen molar-refractivity contribution in [2.24, 2.45) is 0 Å². The standard InChI is InChI=1S/C28H27N3O3S/c1-18-13-19(2)23-15-21(26(32)29-25(23)14-18)17-31(16-20-9-5-4-6-10-20)28(35)30-24-12-8-7-11-22(24)27(33)34-3/h4-15H,16-17H2,1-3H3,(H,29,32)(H,30,35). The summed E-state index contributed by atoms with van der Waals surface area (Å²) in [5.41, 5.74) is 5.43. The molecule has 178 valence electrons. The van der Waals surface area contributed by atoms with Gasteiger partial charge in [-0.15, -0.1) is 0 Å². The predicted molar refractivity (Wildman–Crippen MR) is 144 cm³/mol. The third-order valence-corrected chi connectivity index (χ3v) is 6.19. The highest BCUT2D eigenvalue weighted by Gasteiger charge is 2.18. The van der Waals surface area contributed by atoms with Crippen molar-refractivity contribution >= 4 is 39.9 Å². The molecule has 0 atom stereocenters. The predicted octanol–water partition coefficient (Wildman–Crippen LogP) is 5.33. The monoisotopic (exact) mass is 485 g/mol. The number of para-hydroxylation sites is 1. The Bertz CT molecular complexity index is 1450. The van der Waals surface area contributed by atoms with Crippen LogP contribution >= 0.6 is 12.2 Å². The minimum Gasteiger partial charge on any atom is -0.465 e. The summed E-state index contributed by atoms with van der Waals surface area (Å²) in [6.45, 7) is 4.82. The van der Waals surface area contributed by atoms with Crippen molar-refractivity contribution in [3.8, 4) is 0 Å². The van der Waals surface area contributed by atoms with Crippen LogP contribution in [-0.4, -0.2) is 28.1 Å². The number of pyridine rings is 1. The molecule has 6 nitrogen and oxygen atoms in total. The number of thiocarbonyl (C=S) groups is 1. The van der Waals surface area contributed by atoms with Crippen molar-refractivity contribution in [3.05, 3.63) is 111 Å². The molecule has 35 heavy (non-hydrogen) atoms. The molecule has 0 fully saturated rings. The molecule has 0 spiro atoms. The minimum absolute atomic E-state index is 0.154. The number of anilines is 1. The van der Waals surface area contributed by atoms with Crippen molar-refractivity contribution in [3.63, 3.8) is 0 Å². The summed E-state index contributed by atoms with van der Waals surface area (Å²) in [6, 6.07) is 22.9. The van der Waals surface area contributed by atoms with E-state index in [1.165, 1.54) is 7.11 Å². The van der Waals surface area contributed by atoms with Crippen LogP contribution in [0, 0.1) is 13.8 Å². The molecule has 4 rings (SSSR count). The maximum atomic E-state index is 13.0. The van der Waals surface area contributed by atoms with Gasteiger partial charge in [0.1, 0.15) is 0 Å². The molecule has 0 saturated carbocycles. The number of nitrogens with zero attached hydrogens (tertiary/aromatic N) is 1. The van der Waals surface area contributed by atoms with Gasteiger partial charge in [-0.25, -0.2) is 4.79 Å². The lowest BCUT2D eigenvalue weighted by molar-refractivity contribution is 0.0602. The number of ether oxygens (including phenoxy) is 1. The Hall–Kier alpha value is -3.97. The lowest BCUT2D eigenvalue weighted by Crippen LogP contribution is -2.36. The van der Waals surface area contributed by atoms with Crippen molar-refractivity contribution in [1.82, 2.24) is 9.88 Å². The van der Waals surface area contributed by atoms with Crippen molar-refractivity contribution in [2.45, 2.75) is 26.9 Å². The number of carbonyl (C=O) groups excluding carboxylic acids is 1. The number of H-pyrrole nitrogens is 1. The van der Waals surface area contributed by atoms with Crippen LogP contribution in [0.3, 0.4) is 0 Å². The van der Waals surface area contributed by atoms with Crippen LogP contribution < -0.4 is 10.9 Å². The normalized spacial score (nSPS) is 10.7. The number of nitrogens with one attached hydrogen (secondary N) is 2. The molecule has 0 aliphatic heterocycles. The summed E-state index contributed by atoms with van der Waals surface area (Å²) in [7, 11) is 1.34. The van der Waals surface area contributed by atoms with E-state index in [0.29, 0.717) is 35.0 Å². The number of methoxy groups -OCH3 is 1. The lowest BCUT2D eigenvalue weighted by atomic mass is 10.0. The molecule has 0 bridgehead atoms. The molecule has 0 aliphatic rings. The third kappa shape index (κ3) is 5.58. The van der Waals surface area contributed by atoms with Crippen LogP contribution in [-0.2, 0) is 17.8 Å². The summed E-state index contributed by atoms with van der Waals surface area (Å²) >= 11 is 5.77. The highest BCUT2D eigenvalue weighted by Crippen LogP contribution is 2.21. The van der Waals surface area contributed by atoms with Crippen LogP contribution in [0.4, 0.5) is 5.69 Å². The Morgan fingerprint density at radius 1 is 1.00 bits per heavy atom. The largest absolute Gasteiger partial charge is 0.465 e. The number of hydrogen-bond acceptors (Lipinski definition) is 4. The molecule has 1 aromatic heterocycles. The fraction of sp³-hybridized carbons (Fsp3) is 0.179. The summed E-state index contributed by atoms with van der Waals surface area (Å²) < 4.78 is 4.91. The molecular weight excluding hydrogens is 458 g/mol. The number of aryl methyl sites for hydroxylation is 2. The summed E-state index contributed by atoms with van der Waals surface area (Å²) in [4.78, 5) is 30.2. The second-order valence-corrected chi connectivity index (χ2v) is 8.86. The Labute approximate surface area is 209 Å². The molecule has 0 radical (unpaired) electrons. The van der Waals surface area contributed by atoms with E-state index in [0.717, 1.165) is 27.6 Å². The maximum absolute atomic E-state index is 13.0. The van der Waals surface area contributed by atoms with Gasteiger partial charge in [0, 0.05) is 23.0 Å². The van der Waals surface area contributed by atoms with Crippen molar-refractivity contribution in [2.75, 3.05) is 12.4 Å². The average Bonchev–Trinajstić information content (AvgIpc) is 2.84. The molecule has 0 unspecified atom stereocenters. The Morgan fingerprint density at radius 3 is 2.46 bits per heavy atom. The van der Waals surface area contributed by atoms with Crippen LogP contribution in [0.15, 0.2) is 77.6 Å². The van der Waals surface area contributed by atoms with Gasteiger partial charge >= 0.3 is 5.97 Å². The molecule has 2 N–H and O–H groups in total. The number of aromatic nitrogens is 1. The molecule has 3 aromatic carbocycles. The smallest absolute Gasteiger partial charge is 0.339 e. The summed E-state index contributed by atoms with van der Waals surface area (Å²) in [5, 5.41) is 4.58. The van der Waals surface area contributed by atoms with E-state index in [1.807, 2.05) is 67.3 Å². The number of fused-ring (bicyclic) bond motifs is 1. The number of rotatable bonds is 6. The fourth-order valence-electron chi connectivity index (χ4n) is 4.12. The quantitative estimate of drug-likeness (QED) is 0.284. The van der Waals surface area contributed by atoms with E-state index in [9.17, 15) is 9.59 Å². The number of carbonyl (C=O) groups is 1. The van der Waals surface area contributed by atoms with Gasteiger partial charge in [0.25, 0.3) is 5.56 Å². The molecular formula is C28H27N3O3S. The van der Waals surface area contributed by atoms with Crippen LogP contribution in [0.5, 0.6) is 0 Å². The topological polar surface area (TPSA) is 74.4 Å². The minimum atomic E-state index is -0.456. The zero-order valence-corrected chi connectivity index (χ0v) is 20.7. The van der Waals surface area contributed by atoms with E-state index >= 15 is 0 Å². The number of aromatic amines is 1. The highest BCUT2D eigenvalue weighted by atomic mass is 32.1. The van der Waals surface area contributed by atoms with Gasteiger partial charge in [-0.1, -0.05) is 48.5 Å². The van der Waals surface area contributed by atoms with Gasteiger partial charge in [-0.2, -0.15) is 0 Å². The van der Waals surface area contributed by atoms with E-state index < -0.39 is 5.97 Å². The molecule has 0 amide bonds. The SMILES string of the molecule is COC(=O)c1ccccc1NC(=S)N(Cc1ccccc1)Cc1cc2c(C)cc(C)cc2[nH]c1=O. The summed E-state index contributed by atoms with van der Waals surface area (Å²) in [5.74, 6) is -0.456. The van der Waals surface area contributed by atoms with Crippen LogP contribution in [0.2, 0.25) is 0 Å². The fourth-order valence-corrected chi connectivity index (χ4v) is 4.36. The second kappa shape index (κ2) is 10.5. The maximum Gasteiger partial charge on any atom is 0.339 e. The Balaban J connectivity index is 1.69. The second-order valence-electron chi connectivity index (χ2n) is 8.48. The van der Waals surface area contributed by atoms with Gasteiger partial charge in [-0.05, 0) is 67.0 Å². The number of benzene rings is 3. The van der Waals surface area contributed by atoms with E-state index in [4.69, 9.17) is 17.0 Å². The lowest BCUT2D eigenvalue weighted by Gasteiger charge is -2.26. The zero-order chi connectivity index (χ0) is 24.9. The Kier molecular flexibility index (Phi) is 7.27. The van der Waals surface area contributed by atoms with Gasteiger partial charge < -0.3 is 19.9 Å².